The molecule has 0 aromatic carbocycles. The van der Waals surface area contributed by atoms with Crippen molar-refractivity contribution in [2.45, 2.75) is 19.5 Å². The first-order valence-corrected chi connectivity index (χ1v) is 5.95. The van der Waals surface area contributed by atoms with Gasteiger partial charge in [0.05, 0.1) is 0 Å². The van der Waals surface area contributed by atoms with Crippen molar-refractivity contribution >= 4 is 11.3 Å². The van der Waals surface area contributed by atoms with Crippen LogP contribution in [0.15, 0.2) is 41.4 Å². The molecule has 0 aliphatic rings. The Morgan fingerprint density at radius 2 is 2.13 bits per heavy atom. The number of nitrogens with zero attached hydrogens (tertiary/aromatic N) is 1. The van der Waals surface area contributed by atoms with Crippen LogP contribution in [0.4, 0.5) is 0 Å². The van der Waals surface area contributed by atoms with Crippen LogP contribution in [0.1, 0.15) is 24.1 Å². The fraction of sp³-hybridized carbons (Fsp3) is 0.250. The van der Waals surface area contributed by atoms with Crippen molar-refractivity contribution in [2.24, 2.45) is 0 Å². The third-order valence-corrected chi connectivity index (χ3v) is 3.13. The van der Waals surface area contributed by atoms with Gasteiger partial charge in [0.1, 0.15) is 0 Å². The lowest BCUT2D eigenvalue weighted by Gasteiger charge is -2.13. The molecule has 0 amide bonds. The van der Waals surface area contributed by atoms with Crippen LogP contribution in [-0.2, 0) is 6.54 Å². The maximum atomic E-state index is 4.01. The average molecular weight is 218 g/mol. The minimum absolute atomic E-state index is 0.368. The maximum Gasteiger partial charge on any atom is 0.0296 e. The van der Waals surface area contributed by atoms with Crippen LogP contribution in [-0.4, -0.2) is 4.98 Å². The molecule has 0 saturated carbocycles. The van der Waals surface area contributed by atoms with Crippen LogP contribution >= 0.6 is 11.3 Å². The molecule has 0 saturated heterocycles. The number of rotatable bonds is 4. The Kier molecular flexibility index (Phi) is 3.48. The third kappa shape index (κ3) is 2.88. The Bertz CT molecular complexity index is 383. The van der Waals surface area contributed by atoms with E-state index in [4.69, 9.17) is 0 Å². The molecule has 0 aliphatic heterocycles. The van der Waals surface area contributed by atoms with E-state index in [1.807, 2.05) is 24.5 Å². The van der Waals surface area contributed by atoms with Gasteiger partial charge in [-0.05, 0) is 47.0 Å². The molecule has 3 heteroatoms. The number of pyridine rings is 1. The van der Waals surface area contributed by atoms with Gasteiger partial charge in [-0.2, -0.15) is 11.3 Å². The van der Waals surface area contributed by atoms with Gasteiger partial charge in [0.25, 0.3) is 0 Å². The predicted molar refractivity (Wildman–Crippen MR) is 63.8 cm³/mol. The van der Waals surface area contributed by atoms with E-state index in [9.17, 15) is 0 Å². The van der Waals surface area contributed by atoms with Crippen molar-refractivity contribution in [2.75, 3.05) is 0 Å². The van der Waals surface area contributed by atoms with E-state index in [0.29, 0.717) is 6.04 Å². The van der Waals surface area contributed by atoms with Crippen molar-refractivity contribution in [3.05, 3.63) is 52.5 Å². The molecule has 2 heterocycles. The lowest BCUT2D eigenvalue weighted by molar-refractivity contribution is 0.575. The standard InChI is InChI=1S/C12H14N2S/c1-10(12-2-5-13-6-3-12)14-8-11-4-7-15-9-11/h2-7,9-10,14H,8H2,1H3/t10-/m0/s1. The molecule has 0 bridgehead atoms. The maximum absolute atomic E-state index is 4.01. The summed E-state index contributed by atoms with van der Waals surface area (Å²) < 4.78 is 0. The molecule has 0 aliphatic carbocycles. The van der Waals surface area contributed by atoms with Crippen molar-refractivity contribution in [3.63, 3.8) is 0 Å². The van der Waals surface area contributed by atoms with Crippen LogP contribution in [0.25, 0.3) is 0 Å². The first-order chi connectivity index (χ1) is 7.36. The van der Waals surface area contributed by atoms with Crippen LogP contribution in [0.2, 0.25) is 0 Å². The zero-order chi connectivity index (χ0) is 10.5. The Morgan fingerprint density at radius 3 is 2.80 bits per heavy atom. The Morgan fingerprint density at radius 1 is 1.33 bits per heavy atom. The number of nitrogens with one attached hydrogen (secondary N) is 1. The van der Waals surface area contributed by atoms with Crippen LogP contribution in [0.5, 0.6) is 0 Å². The van der Waals surface area contributed by atoms with E-state index in [2.05, 4.69) is 34.1 Å². The number of hydrogen-bond acceptors (Lipinski definition) is 3. The Balaban J connectivity index is 1.90. The summed E-state index contributed by atoms with van der Waals surface area (Å²) in [6, 6.07) is 6.61. The summed E-state index contributed by atoms with van der Waals surface area (Å²) in [5, 5.41) is 7.76. The molecule has 2 aromatic heterocycles. The van der Waals surface area contributed by atoms with Crippen molar-refractivity contribution in [1.82, 2.24) is 10.3 Å². The van der Waals surface area contributed by atoms with Gasteiger partial charge in [-0.25, -0.2) is 0 Å². The minimum Gasteiger partial charge on any atom is -0.306 e. The van der Waals surface area contributed by atoms with E-state index >= 15 is 0 Å². The second kappa shape index (κ2) is 5.05. The fourth-order valence-electron chi connectivity index (χ4n) is 1.43. The summed E-state index contributed by atoms with van der Waals surface area (Å²) in [6.45, 7) is 3.09. The van der Waals surface area contributed by atoms with Crippen molar-refractivity contribution in [3.8, 4) is 0 Å². The number of thiophene rings is 1. The van der Waals surface area contributed by atoms with E-state index in [1.165, 1.54) is 11.1 Å². The molecule has 0 unspecified atom stereocenters. The summed E-state index contributed by atoms with van der Waals surface area (Å²) in [5.74, 6) is 0. The monoisotopic (exact) mass is 218 g/mol. The SMILES string of the molecule is C[C@H](NCc1ccsc1)c1ccncc1. The van der Waals surface area contributed by atoms with Gasteiger partial charge in [-0.15, -0.1) is 0 Å². The minimum atomic E-state index is 0.368. The smallest absolute Gasteiger partial charge is 0.0296 e. The number of hydrogen-bond donors (Lipinski definition) is 1. The fourth-order valence-corrected chi connectivity index (χ4v) is 2.10. The summed E-state index contributed by atoms with van der Waals surface area (Å²) in [5.41, 5.74) is 2.63. The summed E-state index contributed by atoms with van der Waals surface area (Å²) in [6.07, 6.45) is 3.66. The highest BCUT2D eigenvalue weighted by molar-refractivity contribution is 7.07. The Labute approximate surface area is 94.0 Å². The van der Waals surface area contributed by atoms with Gasteiger partial charge >= 0.3 is 0 Å². The van der Waals surface area contributed by atoms with Gasteiger partial charge in [-0.1, -0.05) is 0 Å². The summed E-state index contributed by atoms with van der Waals surface area (Å²) in [7, 11) is 0. The van der Waals surface area contributed by atoms with E-state index in [1.54, 1.807) is 11.3 Å². The van der Waals surface area contributed by atoms with Crippen molar-refractivity contribution < 1.29 is 0 Å². The molecule has 2 rings (SSSR count). The number of aromatic nitrogens is 1. The summed E-state index contributed by atoms with van der Waals surface area (Å²) >= 11 is 1.74. The predicted octanol–water partition coefficient (Wildman–Crippen LogP) is 2.99. The Hall–Kier alpha value is -1.19. The molecule has 78 valence electrons. The molecule has 0 fully saturated rings. The molecule has 0 radical (unpaired) electrons. The van der Waals surface area contributed by atoms with E-state index in [-0.39, 0.29) is 0 Å². The molecule has 2 nitrogen and oxygen atoms in total. The quantitative estimate of drug-likeness (QED) is 0.853. The van der Waals surface area contributed by atoms with Crippen LogP contribution < -0.4 is 5.32 Å². The molecule has 0 spiro atoms. The second-order valence-corrected chi connectivity index (χ2v) is 4.29. The third-order valence-electron chi connectivity index (χ3n) is 2.40. The van der Waals surface area contributed by atoms with Crippen LogP contribution in [0.3, 0.4) is 0 Å². The van der Waals surface area contributed by atoms with Gasteiger partial charge in [0, 0.05) is 25.0 Å². The molecule has 2 aromatic rings. The first-order valence-electron chi connectivity index (χ1n) is 5.00. The second-order valence-electron chi connectivity index (χ2n) is 3.51. The lowest BCUT2D eigenvalue weighted by atomic mass is 10.1. The summed E-state index contributed by atoms with van der Waals surface area (Å²) in [4.78, 5) is 4.01. The zero-order valence-electron chi connectivity index (χ0n) is 8.68. The molecular formula is C12H14N2S. The van der Waals surface area contributed by atoms with Crippen molar-refractivity contribution in [1.29, 1.82) is 0 Å². The van der Waals surface area contributed by atoms with Gasteiger partial charge in [0.15, 0.2) is 0 Å². The largest absolute Gasteiger partial charge is 0.306 e. The van der Waals surface area contributed by atoms with E-state index in [0.717, 1.165) is 6.54 Å². The molecule has 1 N–H and O–H groups in total. The average Bonchev–Trinajstić information content (AvgIpc) is 2.80. The molecular weight excluding hydrogens is 204 g/mol. The van der Waals surface area contributed by atoms with Gasteiger partial charge in [0.2, 0.25) is 0 Å². The highest BCUT2D eigenvalue weighted by atomic mass is 32.1. The normalized spacial score (nSPS) is 12.6. The molecule has 15 heavy (non-hydrogen) atoms. The van der Waals surface area contributed by atoms with E-state index < -0.39 is 0 Å². The topological polar surface area (TPSA) is 24.9 Å². The molecule has 1 atom stereocenters. The highest BCUT2D eigenvalue weighted by Crippen LogP contribution is 2.12. The highest BCUT2D eigenvalue weighted by Gasteiger charge is 2.03. The lowest BCUT2D eigenvalue weighted by Crippen LogP contribution is -2.17. The van der Waals surface area contributed by atoms with Crippen LogP contribution in [0, 0.1) is 0 Å². The van der Waals surface area contributed by atoms with Gasteiger partial charge in [-0.3, -0.25) is 4.98 Å². The first kappa shape index (κ1) is 10.3. The van der Waals surface area contributed by atoms with Gasteiger partial charge < -0.3 is 5.32 Å². The zero-order valence-corrected chi connectivity index (χ0v) is 9.50.